The summed E-state index contributed by atoms with van der Waals surface area (Å²) in [6.07, 6.45) is 1.70. The molecule has 84 valence electrons. The van der Waals surface area contributed by atoms with Gasteiger partial charge in [-0.25, -0.2) is 4.79 Å². The SMILES string of the molecule is COC(=O)c1nn(CCC(C)O)cc1N. The van der Waals surface area contributed by atoms with Crippen molar-refractivity contribution in [2.45, 2.75) is 26.0 Å². The van der Waals surface area contributed by atoms with Crippen molar-refractivity contribution in [3.8, 4) is 0 Å². The number of nitrogens with two attached hydrogens (primary N) is 1. The molecule has 0 aliphatic heterocycles. The first-order chi connectivity index (χ1) is 7.04. The monoisotopic (exact) mass is 213 g/mol. The third-order valence-corrected chi connectivity index (χ3v) is 1.94. The van der Waals surface area contributed by atoms with Gasteiger partial charge in [0.2, 0.25) is 0 Å². The van der Waals surface area contributed by atoms with E-state index in [1.54, 1.807) is 13.1 Å². The molecule has 0 spiro atoms. The van der Waals surface area contributed by atoms with E-state index < -0.39 is 12.1 Å². The number of ether oxygens (including phenoxy) is 1. The normalized spacial score (nSPS) is 12.5. The molecule has 0 saturated carbocycles. The molecule has 15 heavy (non-hydrogen) atoms. The molecule has 0 aromatic carbocycles. The first-order valence-electron chi connectivity index (χ1n) is 4.64. The number of aliphatic hydroxyl groups is 1. The van der Waals surface area contributed by atoms with E-state index in [-0.39, 0.29) is 11.4 Å². The van der Waals surface area contributed by atoms with Crippen molar-refractivity contribution in [1.29, 1.82) is 0 Å². The van der Waals surface area contributed by atoms with Crippen molar-refractivity contribution in [3.05, 3.63) is 11.9 Å². The van der Waals surface area contributed by atoms with Crippen LogP contribution in [-0.2, 0) is 11.3 Å². The van der Waals surface area contributed by atoms with Crippen LogP contribution in [0.4, 0.5) is 5.69 Å². The molecule has 1 atom stereocenters. The number of rotatable bonds is 4. The van der Waals surface area contributed by atoms with Crippen molar-refractivity contribution in [1.82, 2.24) is 9.78 Å². The van der Waals surface area contributed by atoms with Crippen LogP contribution in [-0.4, -0.2) is 34.1 Å². The van der Waals surface area contributed by atoms with E-state index in [0.717, 1.165) is 0 Å². The summed E-state index contributed by atoms with van der Waals surface area (Å²) in [5.74, 6) is -0.553. The minimum atomic E-state index is -0.553. The molecule has 0 fully saturated rings. The largest absolute Gasteiger partial charge is 0.464 e. The Labute approximate surface area is 87.6 Å². The van der Waals surface area contributed by atoms with E-state index in [4.69, 9.17) is 10.8 Å². The van der Waals surface area contributed by atoms with Crippen LogP contribution < -0.4 is 5.73 Å². The third-order valence-electron chi connectivity index (χ3n) is 1.94. The topological polar surface area (TPSA) is 90.4 Å². The number of esters is 1. The Morgan fingerprint density at radius 1 is 1.80 bits per heavy atom. The second-order valence-corrected chi connectivity index (χ2v) is 3.33. The Bertz CT molecular complexity index is 346. The minimum absolute atomic E-state index is 0.114. The highest BCUT2D eigenvalue weighted by Gasteiger charge is 2.14. The maximum atomic E-state index is 11.2. The maximum absolute atomic E-state index is 11.2. The molecule has 0 aliphatic carbocycles. The number of nitrogens with zero attached hydrogens (tertiary/aromatic N) is 2. The Balaban J connectivity index is 2.72. The van der Waals surface area contributed by atoms with Gasteiger partial charge in [0.25, 0.3) is 0 Å². The van der Waals surface area contributed by atoms with Crippen molar-refractivity contribution < 1.29 is 14.6 Å². The Morgan fingerprint density at radius 3 is 3.00 bits per heavy atom. The van der Waals surface area contributed by atoms with E-state index in [1.165, 1.54) is 11.8 Å². The molecule has 0 radical (unpaired) electrons. The number of hydrogen-bond acceptors (Lipinski definition) is 5. The maximum Gasteiger partial charge on any atom is 0.360 e. The summed E-state index contributed by atoms with van der Waals surface area (Å²) in [6, 6.07) is 0. The number of aryl methyl sites for hydroxylation is 1. The van der Waals surface area contributed by atoms with Gasteiger partial charge in [0.05, 0.1) is 18.9 Å². The van der Waals surface area contributed by atoms with Gasteiger partial charge in [0.1, 0.15) is 0 Å². The zero-order valence-electron chi connectivity index (χ0n) is 8.80. The van der Waals surface area contributed by atoms with E-state index >= 15 is 0 Å². The van der Waals surface area contributed by atoms with Crippen LogP contribution in [0.15, 0.2) is 6.20 Å². The molecule has 0 bridgehead atoms. The molecule has 3 N–H and O–H groups in total. The highest BCUT2D eigenvalue weighted by Crippen LogP contribution is 2.10. The van der Waals surface area contributed by atoms with Gasteiger partial charge in [-0.1, -0.05) is 0 Å². The van der Waals surface area contributed by atoms with Crippen LogP contribution in [0.3, 0.4) is 0 Å². The predicted molar refractivity (Wildman–Crippen MR) is 54.3 cm³/mol. The van der Waals surface area contributed by atoms with Crippen molar-refractivity contribution in [2.24, 2.45) is 0 Å². The summed E-state index contributed by atoms with van der Waals surface area (Å²) >= 11 is 0. The van der Waals surface area contributed by atoms with Gasteiger partial charge in [-0.3, -0.25) is 4.68 Å². The first kappa shape index (κ1) is 11.5. The zero-order chi connectivity index (χ0) is 11.4. The molecule has 1 unspecified atom stereocenters. The van der Waals surface area contributed by atoms with E-state index in [1.807, 2.05) is 0 Å². The van der Waals surface area contributed by atoms with Gasteiger partial charge < -0.3 is 15.6 Å². The van der Waals surface area contributed by atoms with Crippen LogP contribution in [0, 0.1) is 0 Å². The summed E-state index contributed by atoms with van der Waals surface area (Å²) in [4.78, 5) is 11.2. The lowest BCUT2D eigenvalue weighted by atomic mass is 10.3. The van der Waals surface area contributed by atoms with Crippen LogP contribution in [0.2, 0.25) is 0 Å². The fourth-order valence-electron chi connectivity index (χ4n) is 1.13. The van der Waals surface area contributed by atoms with Gasteiger partial charge in [-0.05, 0) is 13.3 Å². The van der Waals surface area contributed by atoms with Gasteiger partial charge in [-0.15, -0.1) is 0 Å². The van der Waals surface area contributed by atoms with Gasteiger partial charge in [-0.2, -0.15) is 5.10 Å². The second kappa shape index (κ2) is 4.79. The molecular formula is C9H15N3O3. The highest BCUT2D eigenvalue weighted by molar-refractivity contribution is 5.92. The third kappa shape index (κ3) is 2.95. The number of aliphatic hydroxyl groups excluding tert-OH is 1. The fraction of sp³-hybridized carbons (Fsp3) is 0.556. The summed E-state index contributed by atoms with van der Waals surface area (Å²) in [7, 11) is 1.27. The molecule has 1 aromatic heterocycles. The average Bonchev–Trinajstić information content (AvgIpc) is 2.55. The number of carbonyl (C=O) groups excluding carboxylic acids is 1. The number of nitrogen functional groups attached to an aromatic ring is 1. The van der Waals surface area contributed by atoms with Crippen molar-refractivity contribution in [2.75, 3.05) is 12.8 Å². The number of aromatic nitrogens is 2. The van der Waals surface area contributed by atoms with E-state index in [2.05, 4.69) is 9.84 Å². The lowest BCUT2D eigenvalue weighted by molar-refractivity contribution is 0.0594. The quantitative estimate of drug-likeness (QED) is 0.688. The van der Waals surface area contributed by atoms with Crippen LogP contribution in [0.25, 0.3) is 0 Å². The summed E-state index contributed by atoms with van der Waals surface area (Å²) < 4.78 is 6.03. The second-order valence-electron chi connectivity index (χ2n) is 3.33. The van der Waals surface area contributed by atoms with Crippen LogP contribution in [0.5, 0.6) is 0 Å². The number of hydrogen-bond donors (Lipinski definition) is 2. The van der Waals surface area contributed by atoms with Crippen LogP contribution >= 0.6 is 0 Å². The number of anilines is 1. The minimum Gasteiger partial charge on any atom is -0.464 e. The van der Waals surface area contributed by atoms with Gasteiger partial charge >= 0.3 is 5.97 Å². The molecule has 1 aromatic rings. The lowest BCUT2D eigenvalue weighted by Gasteiger charge is -2.03. The van der Waals surface area contributed by atoms with Gasteiger partial charge in [0.15, 0.2) is 5.69 Å². The molecule has 0 amide bonds. The molecule has 1 rings (SSSR count). The van der Waals surface area contributed by atoms with E-state index in [0.29, 0.717) is 13.0 Å². The fourth-order valence-corrected chi connectivity index (χ4v) is 1.13. The van der Waals surface area contributed by atoms with Gasteiger partial charge in [0, 0.05) is 12.7 Å². The molecule has 0 aliphatic rings. The summed E-state index contributed by atoms with van der Waals surface area (Å²) in [6.45, 7) is 2.20. The highest BCUT2D eigenvalue weighted by atomic mass is 16.5. The summed E-state index contributed by atoms with van der Waals surface area (Å²) in [5, 5.41) is 13.0. The summed E-state index contributed by atoms with van der Waals surface area (Å²) in [5.41, 5.74) is 5.98. The number of methoxy groups -OCH3 is 1. The van der Waals surface area contributed by atoms with E-state index in [9.17, 15) is 4.79 Å². The molecular weight excluding hydrogens is 198 g/mol. The zero-order valence-corrected chi connectivity index (χ0v) is 8.80. The molecule has 1 heterocycles. The molecule has 6 heteroatoms. The first-order valence-corrected chi connectivity index (χ1v) is 4.64. The van der Waals surface area contributed by atoms with Crippen molar-refractivity contribution >= 4 is 11.7 Å². The molecule has 6 nitrogen and oxygen atoms in total. The predicted octanol–water partition coefficient (Wildman–Crippen LogP) is 0.0228. The Morgan fingerprint density at radius 2 is 2.47 bits per heavy atom. The standard InChI is InChI=1S/C9H15N3O3/c1-6(13)3-4-12-5-7(10)8(11-12)9(14)15-2/h5-6,13H,3-4,10H2,1-2H3. The van der Waals surface area contributed by atoms with Crippen molar-refractivity contribution in [3.63, 3.8) is 0 Å². The molecule has 0 saturated heterocycles. The van der Waals surface area contributed by atoms with Crippen LogP contribution in [0.1, 0.15) is 23.8 Å². The Kier molecular flexibility index (Phi) is 3.68. The number of carbonyl (C=O) groups is 1. The average molecular weight is 213 g/mol. The smallest absolute Gasteiger partial charge is 0.360 e. The Hall–Kier alpha value is -1.56. The lowest BCUT2D eigenvalue weighted by Crippen LogP contribution is -2.09.